The van der Waals surface area contributed by atoms with Gasteiger partial charge in [-0.3, -0.25) is 0 Å². The summed E-state index contributed by atoms with van der Waals surface area (Å²) in [6, 6.07) is 10.8. The van der Waals surface area contributed by atoms with Gasteiger partial charge in [0.15, 0.2) is 0 Å². The Balaban J connectivity index is 1.77. The molecule has 0 atom stereocenters. The SMILES string of the molecule is Cc1ccc(S(=O)(=O)N2CCN(c3ncccc3C#N)CC2)cc1C. The number of piperazine rings is 1. The van der Waals surface area contributed by atoms with Gasteiger partial charge in [-0.25, -0.2) is 13.4 Å². The topological polar surface area (TPSA) is 77.3 Å². The molecule has 130 valence electrons. The van der Waals surface area contributed by atoms with E-state index in [0.29, 0.717) is 42.5 Å². The average Bonchev–Trinajstić information content (AvgIpc) is 2.64. The lowest BCUT2D eigenvalue weighted by molar-refractivity contribution is 0.383. The van der Waals surface area contributed by atoms with Crippen molar-refractivity contribution < 1.29 is 8.42 Å². The normalized spacial score (nSPS) is 15.8. The van der Waals surface area contributed by atoms with Crippen molar-refractivity contribution in [3.8, 4) is 6.07 Å². The number of sulfonamides is 1. The minimum atomic E-state index is -3.50. The van der Waals surface area contributed by atoms with Gasteiger partial charge < -0.3 is 4.90 Å². The number of aromatic nitrogens is 1. The third kappa shape index (κ3) is 3.36. The Bertz CT molecular complexity index is 926. The van der Waals surface area contributed by atoms with E-state index in [9.17, 15) is 13.7 Å². The van der Waals surface area contributed by atoms with E-state index in [4.69, 9.17) is 0 Å². The summed E-state index contributed by atoms with van der Waals surface area (Å²) in [6.07, 6.45) is 1.65. The highest BCUT2D eigenvalue weighted by Gasteiger charge is 2.29. The molecule has 2 aromatic rings. The van der Waals surface area contributed by atoms with E-state index in [0.717, 1.165) is 11.1 Å². The molecule has 0 aliphatic carbocycles. The molecule has 1 fully saturated rings. The van der Waals surface area contributed by atoms with Crippen LogP contribution in [0, 0.1) is 25.2 Å². The van der Waals surface area contributed by atoms with Crippen LogP contribution in [0.2, 0.25) is 0 Å². The largest absolute Gasteiger partial charge is 0.353 e. The predicted octanol–water partition coefficient (Wildman–Crippen LogP) is 2.08. The number of hydrogen-bond donors (Lipinski definition) is 0. The molecule has 1 aliphatic heterocycles. The molecule has 25 heavy (non-hydrogen) atoms. The van der Waals surface area contributed by atoms with Crippen LogP contribution in [0.25, 0.3) is 0 Å². The number of nitriles is 1. The Morgan fingerprint density at radius 3 is 2.44 bits per heavy atom. The summed E-state index contributed by atoms with van der Waals surface area (Å²) in [5.41, 5.74) is 2.54. The first kappa shape index (κ1) is 17.4. The number of pyridine rings is 1. The van der Waals surface area contributed by atoms with E-state index in [1.165, 1.54) is 4.31 Å². The Hall–Kier alpha value is -2.43. The predicted molar refractivity (Wildman–Crippen MR) is 95.8 cm³/mol. The van der Waals surface area contributed by atoms with Crippen molar-refractivity contribution in [3.05, 3.63) is 53.2 Å². The number of anilines is 1. The standard InChI is InChI=1S/C18H20N4O2S/c1-14-5-6-17(12-15(14)2)25(23,24)22-10-8-21(9-11-22)18-16(13-19)4-3-7-20-18/h3-7,12H,8-11H2,1-2H3. The second kappa shape index (κ2) is 6.82. The van der Waals surface area contributed by atoms with Crippen LogP contribution in [0.15, 0.2) is 41.4 Å². The molecule has 0 radical (unpaired) electrons. The van der Waals surface area contributed by atoms with Crippen molar-refractivity contribution >= 4 is 15.8 Å². The van der Waals surface area contributed by atoms with Crippen LogP contribution in [0.5, 0.6) is 0 Å². The molecule has 0 unspecified atom stereocenters. The van der Waals surface area contributed by atoms with Crippen molar-refractivity contribution in [2.45, 2.75) is 18.7 Å². The average molecular weight is 356 g/mol. The lowest BCUT2D eigenvalue weighted by atomic mass is 10.1. The lowest BCUT2D eigenvalue weighted by Crippen LogP contribution is -2.49. The molecule has 0 N–H and O–H groups in total. The molecule has 0 amide bonds. The fourth-order valence-corrected chi connectivity index (χ4v) is 4.41. The van der Waals surface area contributed by atoms with E-state index in [2.05, 4.69) is 11.1 Å². The summed E-state index contributed by atoms with van der Waals surface area (Å²) in [5.74, 6) is 0.619. The molecule has 1 saturated heterocycles. The molecule has 7 heteroatoms. The maximum absolute atomic E-state index is 12.9. The maximum atomic E-state index is 12.9. The molecule has 3 rings (SSSR count). The molecule has 1 aromatic carbocycles. The van der Waals surface area contributed by atoms with Gasteiger partial charge in [0.2, 0.25) is 10.0 Å². The molecular weight excluding hydrogens is 336 g/mol. The van der Waals surface area contributed by atoms with Gasteiger partial charge in [-0.15, -0.1) is 0 Å². The van der Waals surface area contributed by atoms with Gasteiger partial charge >= 0.3 is 0 Å². The van der Waals surface area contributed by atoms with Crippen LogP contribution in [0.1, 0.15) is 16.7 Å². The smallest absolute Gasteiger partial charge is 0.243 e. The number of aryl methyl sites for hydroxylation is 2. The number of rotatable bonds is 3. The van der Waals surface area contributed by atoms with E-state index >= 15 is 0 Å². The van der Waals surface area contributed by atoms with Gasteiger partial charge in [-0.05, 0) is 49.2 Å². The second-order valence-electron chi connectivity index (χ2n) is 6.12. The molecule has 1 aromatic heterocycles. The third-order valence-corrected chi connectivity index (χ3v) is 6.46. The van der Waals surface area contributed by atoms with Crippen molar-refractivity contribution in [2.75, 3.05) is 31.1 Å². The molecule has 0 saturated carbocycles. The molecule has 0 spiro atoms. The first-order valence-electron chi connectivity index (χ1n) is 8.11. The highest BCUT2D eigenvalue weighted by atomic mass is 32.2. The first-order valence-corrected chi connectivity index (χ1v) is 9.55. The van der Waals surface area contributed by atoms with Crippen molar-refractivity contribution in [1.82, 2.24) is 9.29 Å². The zero-order valence-corrected chi connectivity index (χ0v) is 15.1. The summed E-state index contributed by atoms with van der Waals surface area (Å²) >= 11 is 0. The molecule has 0 bridgehead atoms. The second-order valence-corrected chi connectivity index (χ2v) is 8.06. The summed E-state index contributed by atoms with van der Waals surface area (Å²) in [6.45, 7) is 5.64. The molecule has 1 aliphatic rings. The Morgan fingerprint density at radius 2 is 1.80 bits per heavy atom. The first-order chi connectivity index (χ1) is 11.9. The summed E-state index contributed by atoms with van der Waals surface area (Å²) < 4.78 is 27.2. The van der Waals surface area contributed by atoms with E-state index < -0.39 is 10.0 Å². The molecule has 6 nitrogen and oxygen atoms in total. The summed E-state index contributed by atoms with van der Waals surface area (Å²) in [5, 5.41) is 9.20. The van der Waals surface area contributed by atoms with Crippen LogP contribution in [0.4, 0.5) is 5.82 Å². The molecule has 2 heterocycles. The fourth-order valence-electron chi connectivity index (χ4n) is 2.90. The summed E-state index contributed by atoms with van der Waals surface area (Å²) in [4.78, 5) is 6.57. The number of benzene rings is 1. The van der Waals surface area contributed by atoms with E-state index in [1.807, 2.05) is 24.8 Å². The highest BCUT2D eigenvalue weighted by Crippen LogP contribution is 2.23. The van der Waals surface area contributed by atoms with Gasteiger partial charge in [-0.1, -0.05) is 6.07 Å². The van der Waals surface area contributed by atoms with Gasteiger partial charge in [0.05, 0.1) is 10.5 Å². The van der Waals surface area contributed by atoms with Gasteiger partial charge in [-0.2, -0.15) is 9.57 Å². The van der Waals surface area contributed by atoms with Crippen molar-refractivity contribution in [1.29, 1.82) is 5.26 Å². The van der Waals surface area contributed by atoms with Gasteiger partial charge in [0, 0.05) is 32.4 Å². The summed E-state index contributed by atoms with van der Waals surface area (Å²) in [7, 11) is -3.50. The zero-order valence-electron chi connectivity index (χ0n) is 14.3. The van der Waals surface area contributed by atoms with Crippen LogP contribution < -0.4 is 4.90 Å². The van der Waals surface area contributed by atoms with Crippen LogP contribution >= 0.6 is 0 Å². The van der Waals surface area contributed by atoms with Crippen LogP contribution in [-0.2, 0) is 10.0 Å². The van der Waals surface area contributed by atoms with Gasteiger partial charge in [0.25, 0.3) is 0 Å². The third-order valence-electron chi connectivity index (χ3n) is 4.56. The van der Waals surface area contributed by atoms with E-state index in [-0.39, 0.29) is 0 Å². The van der Waals surface area contributed by atoms with Crippen LogP contribution in [0.3, 0.4) is 0 Å². The lowest BCUT2D eigenvalue weighted by Gasteiger charge is -2.35. The zero-order chi connectivity index (χ0) is 18.0. The van der Waals surface area contributed by atoms with Gasteiger partial charge in [0.1, 0.15) is 11.9 Å². The minimum Gasteiger partial charge on any atom is -0.353 e. The quantitative estimate of drug-likeness (QED) is 0.841. The minimum absolute atomic E-state index is 0.333. The van der Waals surface area contributed by atoms with Crippen LogP contribution in [-0.4, -0.2) is 43.9 Å². The Kier molecular flexibility index (Phi) is 4.75. The Labute approximate surface area is 148 Å². The monoisotopic (exact) mass is 356 g/mol. The maximum Gasteiger partial charge on any atom is 0.243 e. The van der Waals surface area contributed by atoms with Crippen molar-refractivity contribution in [2.24, 2.45) is 0 Å². The number of nitrogens with zero attached hydrogens (tertiary/aromatic N) is 4. The Morgan fingerprint density at radius 1 is 1.08 bits per heavy atom. The fraction of sp³-hybridized carbons (Fsp3) is 0.333. The highest BCUT2D eigenvalue weighted by molar-refractivity contribution is 7.89. The van der Waals surface area contributed by atoms with E-state index in [1.54, 1.807) is 30.5 Å². The molecular formula is C18H20N4O2S. The number of hydrogen-bond acceptors (Lipinski definition) is 5. The van der Waals surface area contributed by atoms with Crippen molar-refractivity contribution in [3.63, 3.8) is 0 Å².